The van der Waals surface area contributed by atoms with Crippen LogP contribution >= 0.6 is 0 Å². The number of anilines is 1. The van der Waals surface area contributed by atoms with E-state index in [4.69, 9.17) is 10.5 Å². The molecular formula is C14H20N2O. The molecule has 3 nitrogen and oxygen atoms in total. The Labute approximate surface area is 103 Å². The topological polar surface area (TPSA) is 38.5 Å². The Kier molecular flexibility index (Phi) is 5.30. The number of nitrogens with two attached hydrogens (primary N) is 1. The third-order valence-corrected chi connectivity index (χ3v) is 2.52. The molecular weight excluding hydrogens is 212 g/mol. The van der Waals surface area contributed by atoms with Gasteiger partial charge in [-0.1, -0.05) is 18.2 Å². The summed E-state index contributed by atoms with van der Waals surface area (Å²) in [5.74, 6) is 0.783. The largest absolute Gasteiger partial charge is 0.497 e. The molecule has 0 heterocycles. The Morgan fingerprint density at radius 2 is 1.94 bits per heavy atom. The van der Waals surface area contributed by atoms with Crippen LogP contribution in [0.5, 0.6) is 5.75 Å². The Hall–Kier alpha value is -1.74. The van der Waals surface area contributed by atoms with Crippen LogP contribution in [0.1, 0.15) is 5.56 Å². The van der Waals surface area contributed by atoms with Gasteiger partial charge in [-0.15, -0.1) is 13.2 Å². The number of benzene rings is 1. The minimum atomic E-state index is 0.752. The van der Waals surface area contributed by atoms with E-state index < -0.39 is 0 Å². The molecule has 0 aliphatic carbocycles. The first kappa shape index (κ1) is 13.3. The molecule has 1 aromatic rings. The number of ether oxygens (including phenoxy) is 1. The van der Waals surface area contributed by atoms with Gasteiger partial charge in [-0.2, -0.15) is 0 Å². The van der Waals surface area contributed by atoms with E-state index in [0.717, 1.165) is 36.6 Å². The first-order valence-corrected chi connectivity index (χ1v) is 5.57. The monoisotopic (exact) mass is 232 g/mol. The van der Waals surface area contributed by atoms with Gasteiger partial charge in [0.1, 0.15) is 5.75 Å². The van der Waals surface area contributed by atoms with Gasteiger partial charge in [-0.3, -0.25) is 4.90 Å². The molecule has 0 saturated carbocycles. The van der Waals surface area contributed by atoms with Crippen LogP contribution in [-0.4, -0.2) is 25.1 Å². The highest BCUT2D eigenvalue weighted by atomic mass is 16.5. The van der Waals surface area contributed by atoms with E-state index in [0.29, 0.717) is 0 Å². The van der Waals surface area contributed by atoms with Crippen molar-refractivity contribution < 1.29 is 4.74 Å². The third kappa shape index (κ3) is 3.96. The number of nitrogens with zero attached hydrogens (tertiary/aromatic N) is 1. The van der Waals surface area contributed by atoms with Crippen LogP contribution in [0, 0.1) is 0 Å². The summed E-state index contributed by atoms with van der Waals surface area (Å²) in [7, 11) is 1.64. The van der Waals surface area contributed by atoms with Gasteiger partial charge in [0.15, 0.2) is 0 Å². The Morgan fingerprint density at radius 1 is 1.29 bits per heavy atom. The number of methoxy groups -OCH3 is 1. The number of rotatable bonds is 7. The molecule has 0 amide bonds. The van der Waals surface area contributed by atoms with Crippen LogP contribution in [0.4, 0.5) is 5.69 Å². The van der Waals surface area contributed by atoms with Gasteiger partial charge < -0.3 is 10.5 Å². The van der Waals surface area contributed by atoms with Crippen molar-refractivity contribution in [2.45, 2.75) is 6.54 Å². The summed E-state index contributed by atoms with van der Waals surface area (Å²) in [5, 5.41) is 0. The van der Waals surface area contributed by atoms with Crippen molar-refractivity contribution >= 4 is 5.69 Å². The van der Waals surface area contributed by atoms with Gasteiger partial charge in [0.2, 0.25) is 0 Å². The minimum absolute atomic E-state index is 0.752. The summed E-state index contributed by atoms with van der Waals surface area (Å²) in [6.45, 7) is 9.91. The van der Waals surface area contributed by atoms with E-state index in [2.05, 4.69) is 18.1 Å². The van der Waals surface area contributed by atoms with Crippen LogP contribution in [0.25, 0.3) is 0 Å². The lowest BCUT2D eigenvalue weighted by molar-refractivity contribution is 0.328. The number of hydrogen-bond donors (Lipinski definition) is 1. The molecule has 92 valence electrons. The smallest absolute Gasteiger partial charge is 0.120 e. The number of nitrogen functional groups attached to an aromatic ring is 1. The summed E-state index contributed by atoms with van der Waals surface area (Å²) in [6.07, 6.45) is 3.76. The summed E-state index contributed by atoms with van der Waals surface area (Å²) < 4.78 is 5.12. The molecule has 0 atom stereocenters. The lowest BCUT2D eigenvalue weighted by Crippen LogP contribution is -2.23. The van der Waals surface area contributed by atoms with Crippen LogP contribution < -0.4 is 10.5 Å². The zero-order valence-corrected chi connectivity index (χ0v) is 10.4. The van der Waals surface area contributed by atoms with E-state index in [-0.39, 0.29) is 0 Å². The van der Waals surface area contributed by atoms with Gasteiger partial charge in [0.25, 0.3) is 0 Å². The van der Waals surface area contributed by atoms with E-state index in [1.807, 2.05) is 30.4 Å². The highest BCUT2D eigenvalue weighted by Gasteiger charge is 2.06. The molecule has 17 heavy (non-hydrogen) atoms. The predicted molar refractivity (Wildman–Crippen MR) is 73.1 cm³/mol. The second-order valence-electron chi connectivity index (χ2n) is 3.84. The fraction of sp³-hybridized carbons (Fsp3) is 0.286. The van der Waals surface area contributed by atoms with Crippen LogP contribution in [0.15, 0.2) is 43.5 Å². The molecule has 1 aromatic carbocycles. The van der Waals surface area contributed by atoms with Gasteiger partial charge in [-0.25, -0.2) is 0 Å². The van der Waals surface area contributed by atoms with Crippen molar-refractivity contribution in [1.29, 1.82) is 0 Å². The van der Waals surface area contributed by atoms with Gasteiger partial charge in [0, 0.05) is 31.4 Å². The average Bonchev–Trinajstić information content (AvgIpc) is 2.32. The summed E-state index contributed by atoms with van der Waals surface area (Å²) >= 11 is 0. The minimum Gasteiger partial charge on any atom is -0.497 e. The van der Waals surface area contributed by atoms with Crippen LogP contribution in [-0.2, 0) is 6.54 Å². The molecule has 0 fully saturated rings. The lowest BCUT2D eigenvalue weighted by atomic mass is 10.1. The van der Waals surface area contributed by atoms with Crippen molar-refractivity contribution in [2.75, 3.05) is 25.9 Å². The van der Waals surface area contributed by atoms with Gasteiger partial charge >= 0.3 is 0 Å². The highest BCUT2D eigenvalue weighted by Crippen LogP contribution is 2.20. The maximum Gasteiger partial charge on any atom is 0.120 e. The van der Waals surface area contributed by atoms with Crippen LogP contribution in [0.2, 0.25) is 0 Å². The van der Waals surface area contributed by atoms with Gasteiger partial charge in [0.05, 0.1) is 7.11 Å². The average molecular weight is 232 g/mol. The molecule has 0 spiro atoms. The molecule has 0 bridgehead atoms. The van der Waals surface area contributed by atoms with Crippen molar-refractivity contribution in [1.82, 2.24) is 4.90 Å². The highest BCUT2D eigenvalue weighted by molar-refractivity contribution is 5.51. The SMILES string of the molecule is C=CCN(CC=C)Cc1ccc(OC)cc1N. The third-order valence-electron chi connectivity index (χ3n) is 2.52. The van der Waals surface area contributed by atoms with Crippen LogP contribution in [0.3, 0.4) is 0 Å². The normalized spacial score (nSPS) is 10.2. The molecule has 2 N–H and O–H groups in total. The number of hydrogen-bond acceptors (Lipinski definition) is 3. The van der Waals surface area contributed by atoms with E-state index in [9.17, 15) is 0 Å². The fourth-order valence-electron chi connectivity index (χ4n) is 1.65. The molecule has 0 aromatic heterocycles. The van der Waals surface area contributed by atoms with Crippen molar-refractivity contribution in [2.24, 2.45) is 0 Å². The molecule has 0 unspecified atom stereocenters. The van der Waals surface area contributed by atoms with Crippen molar-refractivity contribution in [3.63, 3.8) is 0 Å². The molecule has 0 radical (unpaired) electrons. The lowest BCUT2D eigenvalue weighted by Gasteiger charge is -2.20. The Balaban J connectivity index is 2.77. The summed E-state index contributed by atoms with van der Waals surface area (Å²) in [5.41, 5.74) is 7.82. The maximum atomic E-state index is 5.98. The maximum absolute atomic E-state index is 5.98. The van der Waals surface area contributed by atoms with Gasteiger partial charge in [-0.05, 0) is 11.6 Å². The molecule has 1 rings (SSSR count). The zero-order valence-electron chi connectivity index (χ0n) is 10.4. The predicted octanol–water partition coefficient (Wildman–Crippen LogP) is 2.45. The molecule has 0 aliphatic heterocycles. The fourth-order valence-corrected chi connectivity index (χ4v) is 1.65. The summed E-state index contributed by atoms with van der Waals surface area (Å²) in [4.78, 5) is 2.21. The Bertz CT molecular complexity index is 378. The summed E-state index contributed by atoms with van der Waals surface area (Å²) in [6, 6.07) is 5.76. The van der Waals surface area contributed by atoms with Crippen molar-refractivity contribution in [3.8, 4) is 5.75 Å². The first-order valence-electron chi connectivity index (χ1n) is 5.57. The zero-order chi connectivity index (χ0) is 12.7. The molecule has 3 heteroatoms. The van der Waals surface area contributed by atoms with E-state index in [1.54, 1.807) is 7.11 Å². The molecule has 0 aliphatic rings. The van der Waals surface area contributed by atoms with Crippen molar-refractivity contribution in [3.05, 3.63) is 49.1 Å². The quantitative estimate of drug-likeness (QED) is 0.579. The Morgan fingerprint density at radius 3 is 2.41 bits per heavy atom. The second kappa shape index (κ2) is 6.76. The van der Waals surface area contributed by atoms with E-state index in [1.165, 1.54) is 0 Å². The standard InChI is InChI=1S/C14H20N2O/c1-4-8-16(9-5-2)11-12-6-7-13(17-3)10-14(12)15/h4-7,10H,1-2,8-9,11,15H2,3H3. The molecule has 0 saturated heterocycles. The second-order valence-corrected chi connectivity index (χ2v) is 3.84. The first-order chi connectivity index (χ1) is 8.21. The van der Waals surface area contributed by atoms with E-state index >= 15 is 0 Å².